The summed E-state index contributed by atoms with van der Waals surface area (Å²) in [7, 11) is 0. The standard InChI is InChI=1S/C17H18O2/c1-11-3-6-13(7-4-11)17-10-15(18)14-9-12(2)5-8-16(14)19-17/h3-9,15,17-18H,10H2,1-2H3/t15-,17?/m1/s1. The van der Waals surface area contributed by atoms with E-state index in [1.54, 1.807) is 0 Å². The van der Waals surface area contributed by atoms with Crippen molar-refractivity contribution in [2.75, 3.05) is 0 Å². The zero-order valence-corrected chi connectivity index (χ0v) is 11.3. The molecule has 0 aliphatic carbocycles. The maximum atomic E-state index is 10.3. The summed E-state index contributed by atoms with van der Waals surface area (Å²) in [6, 6.07) is 14.3. The highest BCUT2D eigenvalue weighted by Gasteiger charge is 2.27. The highest BCUT2D eigenvalue weighted by molar-refractivity contribution is 5.41. The monoisotopic (exact) mass is 254 g/mol. The fourth-order valence-corrected chi connectivity index (χ4v) is 2.55. The Morgan fingerprint density at radius 2 is 1.68 bits per heavy atom. The van der Waals surface area contributed by atoms with Crippen LogP contribution in [-0.2, 0) is 0 Å². The smallest absolute Gasteiger partial charge is 0.127 e. The van der Waals surface area contributed by atoms with Crippen LogP contribution in [0, 0.1) is 13.8 Å². The second-order valence-corrected chi connectivity index (χ2v) is 5.31. The number of hydrogen-bond acceptors (Lipinski definition) is 2. The molecule has 1 aliphatic rings. The number of aliphatic hydroxyl groups excluding tert-OH is 1. The lowest BCUT2D eigenvalue weighted by molar-refractivity contribution is 0.0657. The Hall–Kier alpha value is -1.80. The highest BCUT2D eigenvalue weighted by Crippen LogP contribution is 2.40. The van der Waals surface area contributed by atoms with Crippen LogP contribution < -0.4 is 4.74 Å². The number of aliphatic hydroxyl groups is 1. The van der Waals surface area contributed by atoms with Gasteiger partial charge in [0, 0.05) is 12.0 Å². The van der Waals surface area contributed by atoms with E-state index in [9.17, 15) is 5.11 Å². The molecule has 0 radical (unpaired) electrons. The predicted molar refractivity (Wildman–Crippen MR) is 75.3 cm³/mol. The zero-order chi connectivity index (χ0) is 13.4. The Morgan fingerprint density at radius 3 is 2.42 bits per heavy atom. The van der Waals surface area contributed by atoms with Crippen LogP contribution in [0.3, 0.4) is 0 Å². The summed E-state index contributed by atoms with van der Waals surface area (Å²) >= 11 is 0. The minimum absolute atomic E-state index is 0.0641. The average Bonchev–Trinajstić information content (AvgIpc) is 2.40. The molecule has 1 aliphatic heterocycles. The maximum absolute atomic E-state index is 10.3. The van der Waals surface area contributed by atoms with Gasteiger partial charge >= 0.3 is 0 Å². The Kier molecular flexibility index (Phi) is 3.03. The van der Waals surface area contributed by atoms with E-state index in [1.165, 1.54) is 5.56 Å². The van der Waals surface area contributed by atoms with Crippen molar-refractivity contribution in [2.45, 2.75) is 32.5 Å². The molecule has 3 rings (SSSR count). The van der Waals surface area contributed by atoms with Gasteiger partial charge < -0.3 is 9.84 Å². The van der Waals surface area contributed by atoms with E-state index < -0.39 is 6.10 Å². The van der Waals surface area contributed by atoms with Crippen molar-refractivity contribution in [2.24, 2.45) is 0 Å². The van der Waals surface area contributed by atoms with E-state index in [2.05, 4.69) is 31.2 Å². The largest absolute Gasteiger partial charge is 0.485 e. The zero-order valence-electron chi connectivity index (χ0n) is 11.3. The van der Waals surface area contributed by atoms with Crippen LogP contribution in [0.4, 0.5) is 0 Å². The third-order valence-corrected chi connectivity index (χ3v) is 3.68. The predicted octanol–water partition coefficient (Wildman–Crippen LogP) is 3.86. The lowest BCUT2D eigenvalue weighted by Crippen LogP contribution is -2.19. The molecule has 1 N–H and O–H groups in total. The second kappa shape index (κ2) is 4.71. The van der Waals surface area contributed by atoms with Crippen LogP contribution in [-0.4, -0.2) is 5.11 Å². The van der Waals surface area contributed by atoms with Crippen molar-refractivity contribution in [1.82, 2.24) is 0 Å². The minimum atomic E-state index is -0.449. The van der Waals surface area contributed by atoms with Gasteiger partial charge in [0.1, 0.15) is 11.9 Å². The van der Waals surface area contributed by atoms with Crippen molar-refractivity contribution in [3.8, 4) is 5.75 Å². The molecule has 2 aromatic rings. The lowest BCUT2D eigenvalue weighted by atomic mass is 9.94. The normalized spacial score (nSPS) is 21.6. The van der Waals surface area contributed by atoms with Gasteiger partial charge in [-0.1, -0.05) is 41.5 Å². The van der Waals surface area contributed by atoms with Crippen LogP contribution in [0.1, 0.15) is 40.9 Å². The van der Waals surface area contributed by atoms with Gasteiger partial charge in [0.2, 0.25) is 0 Å². The van der Waals surface area contributed by atoms with Gasteiger partial charge in [0.05, 0.1) is 6.10 Å². The van der Waals surface area contributed by atoms with E-state index in [4.69, 9.17) is 4.74 Å². The Bertz CT molecular complexity index is 587. The summed E-state index contributed by atoms with van der Waals surface area (Å²) in [5, 5.41) is 10.3. The van der Waals surface area contributed by atoms with Gasteiger partial charge in [-0.05, 0) is 31.5 Å². The molecular weight excluding hydrogens is 236 g/mol. The van der Waals surface area contributed by atoms with Gasteiger partial charge in [-0.15, -0.1) is 0 Å². The maximum Gasteiger partial charge on any atom is 0.127 e. The SMILES string of the molecule is Cc1ccc(C2C[C@@H](O)c3cc(C)ccc3O2)cc1. The molecule has 0 spiro atoms. The van der Waals surface area contributed by atoms with Gasteiger partial charge in [-0.25, -0.2) is 0 Å². The van der Waals surface area contributed by atoms with E-state index >= 15 is 0 Å². The lowest BCUT2D eigenvalue weighted by Gasteiger charge is -2.30. The van der Waals surface area contributed by atoms with Crippen LogP contribution in [0.2, 0.25) is 0 Å². The number of benzene rings is 2. The first-order valence-corrected chi connectivity index (χ1v) is 6.65. The number of aryl methyl sites for hydroxylation is 2. The molecule has 2 nitrogen and oxygen atoms in total. The van der Waals surface area contributed by atoms with Crippen LogP contribution in [0.5, 0.6) is 5.75 Å². The fourth-order valence-electron chi connectivity index (χ4n) is 2.55. The third kappa shape index (κ3) is 2.36. The van der Waals surface area contributed by atoms with Crippen molar-refractivity contribution in [3.63, 3.8) is 0 Å². The minimum Gasteiger partial charge on any atom is -0.485 e. The summed E-state index contributed by atoms with van der Waals surface area (Å²) < 4.78 is 6.02. The molecule has 1 heterocycles. The van der Waals surface area contributed by atoms with Crippen molar-refractivity contribution >= 4 is 0 Å². The third-order valence-electron chi connectivity index (χ3n) is 3.68. The van der Waals surface area contributed by atoms with Gasteiger partial charge in [0.15, 0.2) is 0 Å². The number of rotatable bonds is 1. The van der Waals surface area contributed by atoms with E-state index in [0.29, 0.717) is 6.42 Å². The first kappa shape index (κ1) is 12.2. The van der Waals surface area contributed by atoms with E-state index in [0.717, 1.165) is 22.4 Å². The molecule has 0 aromatic heterocycles. The molecule has 19 heavy (non-hydrogen) atoms. The first-order chi connectivity index (χ1) is 9.13. The molecule has 0 amide bonds. The molecule has 2 aromatic carbocycles. The van der Waals surface area contributed by atoms with Gasteiger partial charge in [-0.2, -0.15) is 0 Å². The Morgan fingerprint density at radius 1 is 1.00 bits per heavy atom. The molecule has 2 atom stereocenters. The van der Waals surface area contributed by atoms with E-state index in [1.807, 2.05) is 25.1 Å². The summed E-state index contributed by atoms with van der Waals surface area (Å²) in [6.45, 7) is 4.09. The number of ether oxygens (including phenoxy) is 1. The molecule has 0 bridgehead atoms. The molecule has 1 unspecified atom stereocenters. The molecule has 98 valence electrons. The van der Waals surface area contributed by atoms with Gasteiger partial charge in [-0.3, -0.25) is 0 Å². The van der Waals surface area contributed by atoms with Crippen LogP contribution >= 0.6 is 0 Å². The van der Waals surface area contributed by atoms with Crippen molar-refractivity contribution in [1.29, 1.82) is 0 Å². The highest BCUT2D eigenvalue weighted by atomic mass is 16.5. The Labute approximate surface area is 113 Å². The number of hydrogen-bond donors (Lipinski definition) is 1. The van der Waals surface area contributed by atoms with Gasteiger partial charge in [0.25, 0.3) is 0 Å². The number of fused-ring (bicyclic) bond motifs is 1. The van der Waals surface area contributed by atoms with E-state index in [-0.39, 0.29) is 6.10 Å². The fraction of sp³-hybridized carbons (Fsp3) is 0.294. The topological polar surface area (TPSA) is 29.5 Å². The quantitative estimate of drug-likeness (QED) is 0.837. The Balaban J connectivity index is 1.92. The van der Waals surface area contributed by atoms with Crippen LogP contribution in [0.15, 0.2) is 42.5 Å². The molecule has 0 fully saturated rings. The molecule has 0 saturated heterocycles. The molecule has 0 saturated carbocycles. The average molecular weight is 254 g/mol. The molecular formula is C17H18O2. The second-order valence-electron chi connectivity index (χ2n) is 5.31. The summed E-state index contributed by atoms with van der Waals surface area (Å²) in [5.74, 6) is 0.801. The van der Waals surface area contributed by atoms with Crippen molar-refractivity contribution in [3.05, 3.63) is 64.7 Å². The summed E-state index contributed by atoms with van der Waals surface area (Å²) in [4.78, 5) is 0. The first-order valence-electron chi connectivity index (χ1n) is 6.65. The summed E-state index contributed by atoms with van der Waals surface area (Å²) in [5.41, 5.74) is 4.41. The van der Waals surface area contributed by atoms with Crippen molar-refractivity contribution < 1.29 is 9.84 Å². The molecule has 2 heteroatoms. The summed E-state index contributed by atoms with van der Waals surface area (Å²) in [6.07, 6.45) is 0.0974. The van der Waals surface area contributed by atoms with Crippen LogP contribution in [0.25, 0.3) is 0 Å².